The second kappa shape index (κ2) is 5.05. The van der Waals surface area contributed by atoms with E-state index in [1.807, 2.05) is 24.9 Å². The van der Waals surface area contributed by atoms with Gasteiger partial charge >= 0.3 is 7.12 Å². The molecule has 1 rings (SSSR count). The molecule has 0 bridgehead atoms. The maximum atomic E-state index is 9.17. The number of hydrogen-bond donors (Lipinski definition) is 2. The number of para-hydroxylation sites is 1. The molecule has 0 saturated carbocycles. The fourth-order valence-corrected chi connectivity index (χ4v) is 1.44. The maximum absolute atomic E-state index is 9.17. The van der Waals surface area contributed by atoms with E-state index in [0.717, 1.165) is 12.2 Å². The third-order valence-corrected chi connectivity index (χ3v) is 2.39. The largest absolute Gasteiger partial charge is 0.495 e. The predicted molar refractivity (Wildman–Crippen MR) is 61.8 cm³/mol. The number of anilines is 1. The number of benzene rings is 1. The van der Waals surface area contributed by atoms with E-state index in [4.69, 9.17) is 4.74 Å². The van der Waals surface area contributed by atoms with Gasteiger partial charge in [-0.25, -0.2) is 0 Å². The molecule has 0 aliphatic rings. The molecule has 15 heavy (non-hydrogen) atoms. The van der Waals surface area contributed by atoms with E-state index in [0.29, 0.717) is 11.2 Å². The summed E-state index contributed by atoms with van der Waals surface area (Å²) < 4.78 is 5.20. The third-order valence-electron chi connectivity index (χ3n) is 2.39. The Morgan fingerprint density at radius 2 is 2.07 bits per heavy atom. The summed E-state index contributed by atoms with van der Waals surface area (Å²) in [6, 6.07) is 5.30. The molecule has 0 fully saturated rings. The average molecular weight is 209 g/mol. The minimum absolute atomic E-state index is 0.385. The number of hydrogen-bond acceptors (Lipinski definition) is 4. The maximum Gasteiger partial charge on any atom is 0.492 e. The van der Waals surface area contributed by atoms with Crippen LogP contribution in [0.15, 0.2) is 18.2 Å². The second-order valence-electron chi connectivity index (χ2n) is 3.29. The van der Waals surface area contributed by atoms with Gasteiger partial charge in [-0.05, 0) is 13.0 Å². The quantitative estimate of drug-likeness (QED) is 0.676. The van der Waals surface area contributed by atoms with Crippen LogP contribution < -0.4 is 15.1 Å². The van der Waals surface area contributed by atoms with E-state index >= 15 is 0 Å². The summed E-state index contributed by atoms with van der Waals surface area (Å²) >= 11 is 0. The summed E-state index contributed by atoms with van der Waals surface area (Å²) in [5, 5.41) is 18.3. The molecule has 0 atom stereocenters. The standard InChI is InChI=1S/C10H16BNO3/c1-4-12(2)9-7-5-6-8(11(13)14)10(9)15-3/h5-7,13-14H,4H2,1-3H3. The number of ether oxygens (including phenoxy) is 1. The number of methoxy groups -OCH3 is 1. The molecule has 5 heteroatoms. The van der Waals surface area contributed by atoms with Crippen LogP contribution in [0.5, 0.6) is 5.75 Å². The van der Waals surface area contributed by atoms with Crippen LogP contribution in [0.4, 0.5) is 5.69 Å². The van der Waals surface area contributed by atoms with Crippen LogP contribution in [0.3, 0.4) is 0 Å². The lowest BCUT2D eigenvalue weighted by molar-refractivity contribution is 0.403. The molecule has 0 unspecified atom stereocenters. The van der Waals surface area contributed by atoms with Crippen LogP contribution in [0.1, 0.15) is 6.92 Å². The lowest BCUT2D eigenvalue weighted by Crippen LogP contribution is -2.32. The van der Waals surface area contributed by atoms with E-state index < -0.39 is 7.12 Å². The Morgan fingerprint density at radius 1 is 1.40 bits per heavy atom. The van der Waals surface area contributed by atoms with Gasteiger partial charge in [-0.1, -0.05) is 12.1 Å². The van der Waals surface area contributed by atoms with E-state index in [-0.39, 0.29) is 0 Å². The zero-order valence-electron chi connectivity index (χ0n) is 9.27. The van der Waals surface area contributed by atoms with E-state index in [1.54, 1.807) is 12.1 Å². The molecule has 0 saturated heterocycles. The fraction of sp³-hybridized carbons (Fsp3) is 0.400. The molecule has 1 aromatic rings. The summed E-state index contributed by atoms with van der Waals surface area (Å²) in [6.07, 6.45) is 0. The lowest BCUT2D eigenvalue weighted by Gasteiger charge is -2.21. The topological polar surface area (TPSA) is 52.9 Å². The molecular weight excluding hydrogens is 193 g/mol. The van der Waals surface area contributed by atoms with Crippen molar-refractivity contribution in [3.05, 3.63) is 18.2 Å². The molecule has 0 amide bonds. The second-order valence-corrected chi connectivity index (χ2v) is 3.29. The number of rotatable bonds is 4. The highest BCUT2D eigenvalue weighted by Crippen LogP contribution is 2.24. The first-order valence-electron chi connectivity index (χ1n) is 4.86. The van der Waals surface area contributed by atoms with Crippen molar-refractivity contribution in [2.45, 2.75) is 6.92 Å². The molecule has 1 aromatic carbocycles. The van der Waals surface area contributed by atoms with Gasteiger partial charge in [0, 0.05) is 19.1 Å². The zero-order chi connectivity index (χ0) is 11.4. The van der Waals surface area contributed by atoms with Crippen LogP contribution >= 0.6 is 0 Å². The first-order chi connectivity index (χ1) is 7.11. The van der Waals surface area contributed by atoms with Gasteiger partial charge in [0.05, 0.1) is 12.8 Å². The summed E-state index contributed by atoms with van der Waals surface area (Å²) in [5.41, 5.74) is 1.24. The normalized spacial score (nSPS) is 9.93. The molecule has 4 nitrogen and oxygen atoms in total. The SMILES string of the molecule is CCN(C)c1cccc(B(O)O)c1OC. The van der Waals surface area contributed by atoms with Gasteiger partial charge in [-0.2, -0.15) is 0 Å². The molecule has 0 aliphatic carbocycles. The van der Waals surface area contributed by atoms with Crippen LogP contribution in [0.2, 0.25) is 0 Å². The van der Waals surface area contributed by atoms with Gasteiger partial charge in [0.2, 0.25) is 0 Å². The minimum Gasteiger partial charge on any atom is -0.495 e. The van der Waals surface area contributed by atoms with Gasteiger partial charge in [0.15, 0.2) is 0 Å². The van der Waals surface area contributed by atoms with E-state index in [2.05, 4.69) is 0 Å². The van der Waals surface area contributed by atoms with Crippen molar-refractivity contribution in [2.24, 2.45) is 0 Å². The molecule has 0 radical (unpaired) electrons. The van der Waals surface area contributed by atoms with Crippen molar-refractivity contribution in [2.75, 3.05) is 25.6 Å². The van der Waals surface area contributed by atoms with Gasteiger partial charge in [-0.3, -0.25) is 0 Å². The van der Waals surface area contributed by atoms with Gasteiger partial charge < -0.3 is 19.7 Å². The third kappa shape index (κ3) is 2.43. The number of nitrogens with zero attached hydrogens (tertiary/aromatic N) is 1. The van der Waals surface area contributed by atoms with Crippen molar-refractivity contribution < 1.29 is 14.8 Å². The Labute approximate surface area is 90.2 Å². The predicted octanol–water partition coefficient (Wildman–Crippen LogP) is -0.169. The zero-order valence-corrected chi connectivity index (χ0v) is 9.27. The van der Waals surface area contributed by atoms with E-state index in [9.17, 15) is 10.0 Å². The Hall–Kier alpha value is -1.20. The molecule has 0 aromatic heterocycles. The molecule has 0 heterocycles. The molecule has 0 aliphatic heterocycles. The lowest BCUT2D eigenvalue weighted by atomic mass is 9.79. The van der Waals surface area contributed by atoms with Crippen molar-refractivity contribution in [1.29, 1.82) is 0 Å². The monoisotopic (exact) mass is 209 g/mol. The average Bonchev–Trinajstić information content (AvgIpc) is 2.26. The Kier molecular flexibility index (Phi) is 4.00. The highest BCUT2D eigenvalue weighted by molar-refractivity contribution is 6.60. The molecular formula is C10H16BNO3. The molecule has 2 N–H and O–H groups in total. The fourth-order valence-electron chi connectivity index (χ4n) is 1.44. The first-order valence-corrected chi connectivity index (χ1v) is 4.86. The smallest absolute Gasteiger partial charge is 0.492 e. The van der Waals surface area contributed by atoms with Crippen molar-refractivity contribution in [1.82, 2.24) is 0 Å². The van der Waals surface area contributed by atoms with Crippen molar-refractivity contribution in [3.8, 4) is 5.75 Å². The minimum atomic E-state index is -1.51. The summed E-state index contributed by atoms with van der Waals surface area (Å²) in [5.74, 6) is 0.511. The van der Waals surface area contributed by atoms with Crippen LogP contribution in [0, 0.1) is 0 Å². The van der Waals surface area contributed by atoms with Crippen LogP contribution in [0.25, 0.3) is 0 Å². The van der Waals surface area contributed by atoms with Crippen LogP contribution in [-0.2, 0) is 0 Å². The van der Waals surface area contributed by atoms with Gasteiger partial charge in [-0.15, -0.1) is 0 Å². The highest BCUT2D eigenvalue weighted by atomic mass is 16.5. The summed E-state index contributed by atoms with van der Waals surface area (Å²) in [6.45, 7) is 2.84. The Morgan fingerprint density at radius 3 is 2.53 bits per heavy atom. The molecule has 82 valence electrons. The summed E-state index contributed by atoms with van der Waals surface area (Å²) in [7, 11) is 1.93. The van der Waals surface area contributed by atoms with Gasteiger partial charge in [0.1, 0.15) is 5.75 Å². The first kappa shape index (κ1) is 11.9. The Balaban J connectivity index is 3.22. The van der Waals surface area contributed by atoms with E-state index in [1.165, 1.54) is 7.11 Å². The van der Waals surface area contributed by atoms with Gasteiger partial charge in [0.25, 0.3) is 0 Å². The van der Waals surface area contributed by atoms with Crippen molar-refractivity contribution >= 4 is 18.3 Å². The molecule has 0 spiro atoms. The van der Waals surface area contributed by atoms with Crippen LogP contribution in [-0.4, -0.2) is 37.9 Å². The van der Waals surface area contributed by atoms with Crippen molar-refractivity contribution in [3.63, 3.8) is 0 Å². The Bertz CT molecular complexity index is 330. The summed E-state index contributed by atoms with van der Waals surface area (Å²) in [4.78, 5) is 1.98. The highest BCUT2D eigenvalue weighted by Gasteiger charge is 2.20.